The van der Waals surface area contributed by atoms with Gasteiger partial charge in [-0.05, 0) is 6.07 Å². The molecule has 0 aliphatic rings. The van der Waals surface area contributed by atoms with Gasteiger partial charge in [-0.15, -0.1) is 0 Å². The number of para-hydroxylation sites is 1. The molecule has 0 atom stereocenters. The molecular weight excluding hydrogens is 285 g/mol. The van der Waals surface area contributed by atoms with Crippen LogP contribution in [0.25, 0.3) is 5.69 Å². The third-order valence-corrected chi connectivity index (χ3v) is 2.58. The second-order valence-electron chi connectivity index (χ2n) is 3.83. The summed E-state index contributed by atoms with van der Waals surface area (Å²) in [6.45, 7) is 0. The van der Waals surface area contributed by atoms with Crippen molar-refractivity contribution < 1.29 is 18.8 Å². The number of halogens is 1. The molecular formula is C12H8FN3O5. The molecule has 0 unspecified atom stereocenters. The van der Waals surface area contributed by atoms with Gasteiger partial charge in [-0.1, -0.05) is 6.07 Å². The van der Waals surface area contributed by atoms with Crippen LogP contribution in [0.5, 0.6) is 0 Å². The topological polar surface area (TPSA) is 104 Å². The Labute approximate surface area is 116 Å². The average molecular weight is 293 g/mol. The molecule has 0 aliphatic heterocycles. The Kier molecular flexibility index (Phi) is 3.74. The number of nitro groups is 1. The lowest BCUT2D eigenvalue weighted by atomic mass is 10.2. The summed E-state index contributed by atoms with van der Waals surface area (Å²) in [6.07, 6.45) is 1.03. The molecule has 0 N–H and O–H groups in total. The highest BCUT2D eigenvalue weighted by Gasteiger charge is 2.22. The Hall–Kier alpha value is -3.10. The predicted molar refractivity (Wildman–Crippen MR) is 67.8 cm³/mol. The van der Waals surface area contributed by atoms with Crippen LogP contribution in [-0.2, 0) is 4.74 Å². The monoisotopic (exact) mass is 293 g/mol. The Morgan fingerprint density at radius 2 is 2.14 bits per heavy atom. The number of carbonyl (C=O) groups is 1. The molecule has 2 rings (SSSR count). The minimum atomic E-state index is -1.02. The summed E-state index contributed by atoms with van der Waals surface area (Å²) in [6, 6.07) is 4.19. The number of carbonyl (C=O) groups excluding carboxylic acids is 1. The van der Waals surface area contributed by atoms with E-state index in [9.17, 15) is 24.1 Å². The molecule has 21 heavy (non-hydrogen) atoms. The molecule has 2 aromatic rings. The number of rotatable bonds is 3. The average Bonchev–Trinajstić information content (AvgIpc) is 2.47. The highest BCUT2D eigenvalue weighted by molar-refractivity contribution is 5.86. The van der Waals surface area contributed by atoms with Crippen molar-refractivity contribution in [1.82, 2.24) is 9.78 Å². The summed E-state index contributed by atoms with van der Waals surface area (Å²) in [5.74, 6) is -1.94. The molecule has 0 spiro atoms. The van der Waals surface area contributed by atoms with Crippen LogP contribution in [0.2, 0.25) is 0 Å². The van der Waals surface area contributed by atoms with Gasteiger partial charge in [0.2, 0.25) is 11.1 Å². The molecule has 0 radical (unpaired) electrons. The van der Waals surface area contributed by atoms with Gasteiger partial charge in [-0.25, -0.2) is 13.9 Å². The zero-order chi connectivity index (χ0) is 15.6. The van der Waals surface area contributed by atoms with Gasteiger partial charge in [0.1, 0.15) is 0 Å². The highest BCUT2D eigenvalue weighted by Crippen LogP contribution is 2.24. The van der Waals surface area contributed by atoms with Gasteiger partial charge >= 0.3 is 5.97 Å². The largest absolute Gasteiger partial charge is 0.464 e. The van der Waals surface area contributed by atoms with Gasteiger partial charge in [-0.2, -0.15) is 5.10 Å². The smallest absolute Gasteiger partial charge is 0.362 e. The molecule has 8 nitrogen and oxygen atoms in total. The standard InChI is InChI=1S/C12H8FN3O5/c1-21-12(18)10-9(17)5-6-15(14-10)11-7(13)3-2-4-8(11)16(19)20/h2-6H,1H3. The van der Waals surface area contributed by atoms with Crippen molar-refractivity contribution >= 4 is 11.7 Å². The minimum Gasteiger partial charge on any atom is -0.464 e. The summed E-state index contributed by atoms with van der Waals surface area (Å²) < 4.78 is 19.0. The van der Waals surface area contributed by atoms with Gasteiger partial charge in [0.05, 0.1) is 12.0 Å². The van der Waals surface area contributed by atoms with Gasteiger partial charge in [0.25, 0.3) is 5.69 Å². The number of aromatic nitrogens is 2. The van der Waals surface area contributed by atoms with E-state index in [4.69, 9.17) is 0 Å². The first-order valence-corrected chi connectivity index (χ1v) is 5.57. The predicted octanol–water partition coefficient (Wildman–Crippen LogP) is 1.07. The highest BCUT2D eigenvalue weighted by atomic mass is 19.1. The minimum absolute atomic E-state index is 0.479. The first-order chi connectivity index (χ1) is 9.95. The van der Waals surface area contributed by atoms with Crippen LogP contribution in [0, 0.1) is 15.9 Å². The first kappa shape index (κ1) is 14.3. The van der Waals surface area contributed by atoms with Crippen molar-refractivity contribution in [2.45, 2.75) is 0 Å². The van der Waals surface area contributed by atoms with Gasteiger partial charge in [-0.3, -0.25) is 14.9 Å². The fourth-order valence-electron chi connectivity index (χ4n) is 1.65. The van der Waals surface area contributed by atoms with E-state index in [0.717, 1.165) is 36.2 Å². The molecule has 1 heterocycles. The lowest BCUT2D eigenvalue weighted by Crippen LogP contribution is -2.22. The lowest BCUT2D eigenvalue weighted by Gasteiger charge is -2.08. The molecule has 0 saturated heterocycles. The van der Waals surface area contributed by atoms with Crippen LogP contribution in [0.1, 0.15) is 10.5 Å². The van der Waals surface area contributed by atoms with E-state index >= 15 is 0 Å². The number of hydrogen-bond acceptors (Lipinski definition) is 6. The SMILES string of the molecule is COC(=O)c1nn(-c2c(F)cccc2[N+](=O)[O-])ccc1=O. The van der Waals surface area contributed by atoms with Gasteiger partial charge < -0.3 is 4.74 Å². The summed E-state index contributed by atoms with van der Waals surface area (Å²) in [7, 11) is 1.05. The Morgan fingerprint density at radius 3 is 2.76 bits per heavy atom. The lowest BCUT2D eigenvalue weighted by molar-refractivity contribution is -0.384. The maximum Gasteiger partial charge on any atom is 0.362 e. The molecule has 9 heteroatoms. The zero-order valence-corrected chi connectivity index (χ0v) is 10.6. The van der Waals surface area contributed by atoms with Crippen LogP contribution in [-0.4, -0.2) is 27.8 Å². The second kappa shape index (κ2) is 5.49. The molecule has 1 aromatic heterocycles. The maximum atomic E-state index is 13.9. The summed E-state index contributed by atoms with van der Waals surface area (Å²) >= 11 is 0. The van der Waals surface area contributed by atoms with Crippen LogP contribution in [0.15, 0.2) is 35.3 Å². The van der Waals surface area contributed by atoms with Gasteiger partial charge in [0.15, 0.2) is 11.5 Å². The van der Waals surface area contributed by atoms with Crippen molar-refractivity contribution in [3.8, 4) is 5.69 Å². The van der Waals surface area contributed by atoms with Crippen LogP contribution in [0.4, 0.5) is 10.1 Å². The van der Waals surface area contributed by atoms with Crippen molar-refractivity contribution in [3.63, 3.8) is 0 Å². The fourth-order valence-corrected chi connectivity index (χ4v) is 1.65. The van der Waals surface area contributed by atoms with E-state index in [-0.39, 0.29) is 0 Å². The van der Waals surface area contributed by atoms with E-state index in [2.05, 4.69) is 9.84 Å². The van der Waals surface area contributed by atoms with Crippen molar-refractivity contribution in [2.75, 3.05) is 7.11 Å². The third kappa shape index (κ3) is 2.61. The van der Waals surface area contributed by atoms with E-state index in [1.54, 1.807) is 0 Å². The van der Waals surface area contributed by atoms with E-state index in [1.807, 2.05) is 0 Å². The molecule has 1 aromatic carbocycles. The number of benzene rings is 1. The van der Waals surface area contributed by atoms with Crippen LogP contribution >= 0.6 is 0 Å². The van der Waals surface area contributed by atoms with Gasteiger partial charge in [0, 0.05) is 18.3 Å². The summed E-state index contributed by atoms with van der Waals surface area (Å²) in [5, 5.41) is 14.5. The van der Waals surface area contributed by atoms with Crippen molar-refractivity contribution in [3.05, 3.63) is 62.3 Å². The second-order valence-corrected chi connectivity index (χ2v) is 3.83. The normalized spacial score (nSPS) is 10.2. The number of methoxy groups -OCH3 is 1. The molecule has 0 saturated carbocycles. The summed E-state index contributed by atoms with van der Waals surface area (Å²) in [5.41, 5.74) is -2.37. The number of ether oxygens (including phenoxy) is 1. The van der Waals surface area contributed by atoms with E-state index < -0.39 is 39.2 Å². The van der Waals surface area contributed by atoms with E-state index in [1.165, 1.54) is 6.07 Å². The van der Waals surface area contributed by atoms with Crippen molar-refractivity contribution in [1.29, 1.82) is 0 Å². The third-order valence-electron chi connectivity index (χ3n) is 2.58. The fraction of sp³-hybridized carbons (Fsp3) is 0.0833. The van der Waals surface area contributed by atoms with E-state index in [0.29, 0.717) is 0 Å². The number of nitrogens with zero attached hydrogens (tertiary/aromatic N) is 3. The molecule has 0 amide bonds. The Bertz CT molecular complexity index is 787. The molecule has 0 aliphatic carbocycles. The first-order valence-electron chi connectivity index (χ1n) is 5.57. The molecule has 0 fully saturated rings. The molecule has 0 bridgehead atoms. The Balaban J connectivity index is 2.71. The quantitative estimate of drug-likeness (QED) is 0.476. The maximum absolute atomic E-state index is 13.9. The van der Waals surface area contributed by atoms with Crippen LogP contribution < -0.4 is 5.43 Å². The van der Waals surface area contributed by atoms with Crippen LogP contribution in [0.3, 0.4) is 0 Å². The zero-order valence-electron chi connectivity index (χ0n) is 10.6. The number of nitro benzene ring substituents is 1. The Morgan fingerprint density at radius 1 is 1.43 bits per heavy atom. The summed E-state index contributed by atoms with van der Waals surface area (Å²) in [4.78, 5) is 33.0. The number of esters is 1. The molecule has 108 valence electrons. The number of hydrogen-bond donors (Lipinski definition) is 0. The van der Waals surface area contributed by atoms with Crippen molar-refractivity contribution in [2.24, 2.45) is 0 Å².